The second kappa shape index (κ2) is 6.63. The number of hydrogen-bond donors (Lipinski definition) is 1. The number of rotatable bonds is 6. The van der Waals surface area contributed by atoms with Crippen molar-refractivity contribution in [2.45, 2.75) is 24.9 Å². The molecule has 0 saturated heterocycles. The fourth-order valence-electron chi connectivity index (χ4n) is 1.02. The molecule has 1 heterocycles. The maximum atomic E-state index is 5.47. The highest BCUT2D eigenvalue weighted by molar-refractivity contribution is 7.98. The zero-order chi connectivity index (χ0) is 11.1. The number of ether oxygens (including phenoxy) is 1. The molecule has 0 unspecified atom stereocenters. The van der Waals surface area contributed by atoms with Crippen molar-refractivity contribution in [2.24, 2.45) is 0 Å². The van der Waals surface area contributed by atoms with E-state index >= 15 is 0 Å². The zero-order valence-corrected chi connectivity index (χ0v) is 10.2. The maximum Gasteiger partial charge on any atom is 0.217 e. The summed E-state index contributed by atoms with van der Waals surface area (Å²) in [5.74, 6) is 0.639. The molecular formula is C10H17N3OS. The van der Waals surface area contributed by atoms with Gasteiger partial charge in [-0.1, -0.05) is 13.8 Å². The van der Waals surface area contributed by atoms with Gasteiger partial charge in [0.1, 0.15) is 18.0 Å². The quantitative estimate of drug-likeness (QED) is 0.454. The van der Waals surface area contributed by atoms with Crippen LogP contribution in [0.1, 0.15) is 13.8 Å². The van der Waals surface area contributed by atoms with Crippen molar-refractivity contribution in [2.75, 3.05) is 19.4 Å². The SMILES string of the molecule is CSc1cc(OCCNC(C)C)ncn1. The predicted octanol–water partition coefficient (Wildman–Crippen LogP) is 1.58. The number of thioether (sulfide) groups is 1. The van der Waals surface area contributed by atoms with Gasteiger partial charge >= 0.3 is 0 Å². The van der Waals surface area contributed by atoms with E-state index in [4.69, 9.17) is 4.74 Å². The predicted molar refractivity (Wildman–Crippen MR) is 62.4 cm³/mol. The average molecular weight is 227 g/mol. The molecule has 0 saturated carbocycles. The standard InChI is InChI=1S/C10H17N3OS/c1-8(2)11-4-5-14-9-6-10(15-3)13-7-12-9/h6-8,11H,4-5H2,1-3H3. The minimum Gasteiger partial charge on any atom is -0.476 e. The first kappa shape index (κ1) is 12.3. The van der Waals surface area contributed by atoms with Crippen molar-refractivity contribution in [3.8, 4) is 5.88 Å². The summed E-state index contributed by atoms with van der Waals surface area (Å²) < 4.78 is 5.47. The third-order valence-corrected chi connectivity index (χ3v) is 2.37. The molecule has 0 amide bonds. The van der Waals surface area contributed by atoms with Crippen molar-refractivity contribution in [1.82, 2.24) is 15.3 Å². The van der Waals surface area contributed by atoms with E-state index in [1.807, 2.05) is 12.3 Å². The third kappa shape index (κ3) is 4.99. The Morgan fingerprint density at radius 3 is 2.93 bits per heavy atom. The maximum absolute atomic E-state index is 5.47. The van der Waals surface area contributed by atoms with Gasteiger partial charge < -0.3 is 10.1 Å². The van der Waals surface area contributed by atoms with E-state index in [-0.39, 0.29) is 0 Å². The van der Waals surface area contributed by atoms with Gasteiger partial charge in [0.15, 0.2) is 0 Å². The lowest BCUT2D eigenvalue weighted by molar-refractivity contribution is 0.296. The molecule has 0 spiro atoms. The molecule has 1 aromatic heterocycles. The fourth-order valence-corrected chi connectivity index (χ4v) is 1.39. The van der Waals surface area contributed by atoms with Crippen LogP contribution in [0.15, 0.2) is 17.4 Å². The topological polar surface area (TPSA) is 47.0 Å². The van der Waals surface area contributed by atoms with E-state index in [1.165, 1.54) is 6.33 Å². The Labute approximate surface area is 94.8 Å². The van der Waals surface area contributed by atoms with Crippen molar-refractivity contribution in [3.05, 3.63) is 12.4 Å². The molecule has 0 aliphatic rings. The van der Waals surface area contributed by atoms with E-state index in [0.717, 1.165) is 11.6 Å². The lowest BCUT2D eigenvalue weighted by Crippen LogP contribution is -2.27. The largest absolute Gasteiger partial charge is 0.476 e. The smallest absolute Gasteiger partial charge is 0.217 e. The van der Waals surface area contributed by atoms with Gasteiger partial charge in [0, 0.05) is 18.7 Å². The molecule has 15 heavy (non-hydrogen) atoms. The van der Waals surface area contributed by atoms with Crippen molar-refractivity contribution in [1.29, 1.82) is 0 Å². The number of nitrogens with one attached hydrogen (secondary N) is 1. The highest BCUT2D eigenvalue weighted by Crippen LogP contribution is 2.14. The number of hydrogen-bond acceptors (Lipinski definition) is 5. The lowest BCUT2D eigenvalue weighted by Gasteiger charge is -2.09. The molecule has 0 bridgehead atoms. The van der Waals surface area contributed by atoms with Gasteiger partial charge in [0.2, 0.25) is 5.88 Å². The highest BCUT2D eigenvalue weighted by Gasteiger charge is 1.98. The van der Waals surface area contributed by atoms with Crippen molar-refractivity contribution in [3.63, 3.8) is 0 Å². The van der Waals surface area contributed by atoms with E-state index in [1.54, 1.807) is 11.8 Å². The molecular weight excluding hydrogens is 210 g/mol. The monoisotopic (exact) mass is 227 g/mol. The first-order valence-electron chi connectivity index (χ1n) is 4.94. The molecule has 1 rings (SSSR count). The van der Waals surface area contributed by atoms with E-state index in [0.29, 0.717) is 18.5 Å². The molecule has 5 heteroatoms. The fraction of sp³-hybridized carbons (Fsp3) is 0.600. The molecule has 1 N–H and O–H groups in total. The minimum atomic E-state index is 0.487. The molecule has 0 aliphatic heterocycles. The van der Waals surface area contributed by atoms with Crippen LogP contribution in [0.4, 0.5) is 0 Å². The van der Waals surface area contributed by atoms with Crippen molar-refractivity contribution < 1.29 is 4.74 Å². The molecule has 0 radical (unpaired) electrons. The van der Waals surface area contributed by atoms with Crippen LogP contribution < -0.4 is 10.1 Å². The molecule has 0 atom stereocenters. The molecule has 4 nitrogen and oxygen atoms in total. The van der Waals surface area contributed by atoms with Gasteiger partial charge in [-0.2, -0.15) is 0 Å². The molecule has 1 aromatic rings. The van der Waals surface area contributed by atoms with Crippen LogP contribution >= 0.6 is 11.8 Å². The van der Waals surface area contributed by atoms with Crippen LogP contribution in [0.5, 0.6) is 5.88 Å². The van der Waals surface area contributed by atoms with Gasteiger partial charge in [-0.3, -0.25) is 0 Å². The summed E-state index contributed by atoms with van der Waals surface area (Å²) in [7, 11) is 0. The third-order valence-electron chi connectivity index (χ3n) is 1.73. The van der Waals surface area contributed by atoms with Crippen LogP contribution in [-0.4, -0.2) is 35.4 Å². The second-order valence-corrected chi connectivity index (χ2v) is 4.18. The van der Waals surface area contributed by atoms with E-state index < -0.39 is 0 Å². The van der Waals surface area contributed by atoms with Crippen molar-refractivity contribution >= 4 is 11.8 Å². The van der Waals surface area contributed by atoms with Crippen LogP contribution in [0.25, 0.3) is 0 Å². The summed E-state index contributed by atoms with van der Waals surface area (Å²) in [6.45, 7) is 5.67. The van der Waals surface area contributed by atoms with Gasteiger partial charge in [-0.05, 0) is 6.26 Å². The average Bonchev–Trinajstić information content (AvgIpc) is 2.24. The Balaban J connectivity index is 2.30. The number of aromatic nitrogens is 2. The van der Waals surface area contributed by atoms with Crippen LogP contribution in [-0.2, 0) is 0 Å². The van der Waals surface area contributed by atoms with Gasteiger partial charge in [-0.25, -0.2) is 9.97 Å². The lowest BCUT2D eigenvalue weighted by atomic mass is 10.4. The Morgan fingerprint density at radius 2 is 2.27 bits per heavy atom. The molecule has 0 aliphatic carbocycles. The summed E-state index contributed by atoms with van der Waals surface area (Å²) >= 11 is 1.58. The summed E-state index contributed by atoms with van der Waals surface area (Å²) in [6.07, 6.45) is 3.50. The Morgan fingerprint density at radius 1 is 1.47 bits per heavy atom. The highest BCUT2D eigenvalue weighted by atomic mass is 32.2. The summed E-state index contributed by atoms with van der Waals surface area (Å²) in [5, 5.41) is 4.20. The Bertz CT molecular complexity index is 294. The summed E-state index contributed by atoms with van der Waals surface area (Å²) in [4.78, 5) is 8.10. The van der Waals surface area contributed by atoms with Gasteiger partial charge in [-0.15, -0.1) is 11.8 Å². The normalized spacial score (nSPS) is 10.7. The zero-order valence-electron chi connectivity index (χ0n) is 9.36. The Hall–Kier alpha value is -0.810. The van der Waals surface area contributed by atoms with Crippen LogP contribution in [0, 0.1) is 0 Å². The molecule has 0 aromatic carbocycles. The summed E-state index contributed by atoms with van der Waals surface area (Å²) in [5.41, 5.74) is 0. The second-order valence-electron chi connectivity index (χ2n) is 3.36. The molecule has 84 valence electrons. The van der Waals surface area contributed by atoms with Crippen LogP contribution in [0.2, 0.25) is 0 Å². The number of nitrogens with zero attached hydrogens (tertiary/aromatic N) is 2. The molecule has 0 fully saturated rings. The minimum absolute atomic E-state index is 0.487. The van der Waals surface area contributed by atoms with Gasteiger partial charge in [0.25, 0.3) is 0 Å². The first-order chi connectivity index (χ1) is 7.22. The first-order valence-corrected chi connectivity index (χ1v) is 6.17. The van der Waals surface area contributed by atoms with E-state index in [2.05, 4.69) is 29.1 Å². The summed E-state index contributed by atoms with van der Waals surface area (Å²) in [6, 6.07) is 2.33. The van der Waals surface area contributed by atoms with Crippen LogP contribution in [0.3, 0.4) is 0 Å². The van der Waals surface area contributed by atoms with E-state index in [9.17, 15) is 0 Å². The Kier molecular flexibility index (Phi) is 5.42. The van der Waals surface area contributed by atoms with Gasteiger partial charge in [0.05, 0.1) is 0 Å².